The molecule has 17 heavy (non-hydrogen) atoms. The molecule has 0 unspecified atom stereocenters. The first kappa shape index (κ1) is 11.9. The van der Waals surface area contributed by atoms with Crippen LogP contribution in [0.2, 0.25) is 0 Å². The topological polar surface area (TPSA) is 43.3 Å². The smallest absolute Gasteiger partial charge is 0.270 e. The third kappa shape index (κ3) is 1.69. The van der Waals surface area contributed by atoms with Gasteiger partial charge >= 0.3 is 0 Å². The van der Waals surface area contributed by atoms with E-state index in [0.717, 1.165) is 34.6 Å². The molecule has 4 heteroatoms. The molecule has 2 aromatic heterocycles. The molecule has 0 amide bonds. The van der Waals surface area contributed by atoms with E-state index in [1.54, 1.807) is 0 Å². The summed E-state index contributed by atoms with van der Waals surface area (Å²) in [6.45, 7) is 2.29. The highest BCUT2D eigenvalue weighted by Crippen LogP contribution is 2.33. The third-order valence-corrected chi connectivity index (χ3v) is 3.62. The first-order valence-electron chi connectivity index (χ1n) is 5.79. The second kappa shape index (κ2) is 4.04. The molecule has 0 saturated carbocycles. The molecule has 2 N–H and O–H groups in total. The van der Waals surface area contributed by atoms with Crippen LogP contribution in [0.4, 0.5) is 11.5 Å². The van der Waals surface area contributed by atoms with Gasteiger partial charge < -0.3 is 13.2 Å². The molecule has 1 saturated heterocycles. The van der Waals surface area contributed by atoms with Gasteiger partial charge in [0.1, 0.15) is 5.69 Å². The molecule has 0 atom stereocenters. The molecule has 1 aliphatic heterocycles. The fourth-order valence-electron chi connectivity index (χ4n) is 2.65. The molecule has 1 fully saturated rings. The van der Waals surface area contributed by atoms with E-state index in [0.29, 0.717) is 0 Å². The number of nitrogens with two attached hydrogens (primary N) is 1. The van der Waals surface area contributed by atoms with Crippen LogP contribution in [0.1, 0.15) is 12.8 Å². The van der Waals surface area contributed by atoms with Crippen LogP contribution in [0.25, 0.3) is 5.52 Å². The van der Waals surface area contributed by atoms with Crippen molar-refractivity contribution in [1.82, 2.24) is 14.1 Å². The molecule has 4 nitrogen and oxygen atoms in total. The molecule has 0 aromatic carbocycles. The van der Waals surface area contributed by atoms with Crippen molar-refractivity contribution in [3.8, 4) is 0 Å². The van der Waals surface area contributed by atoms with Gasteiger partial charge in [-0.1, -0.05) is 6.07 Å². The Morgan fingerprint density at radius 1 is 1.29 bits per heavy atom. The molecule has 2 aromatic rings. The Morgan fingerprint density at radius 3 is 2.65 bits per heavy atom. The predicted octanol–water partition coefficient (Wildman–Crippen LogP) is 2.10. The molecule has 0 aliphatic carbocycles. The van der Waals surface area contributed by atoms with Gasteiger partial charge in [0.2, 0.25) is 0 Å². The second-order valence-electron chi connectivity index (χ2n) is 4.82. The van der Waals surface area contributed by atoms with E-state index in [1.807, 2.05) is 28.9 Å². The van der Waals surface area contributed by atoms with E-state index in [9.17, 15) is 0 Å². The van der Waals surface area contributed by atoms with Gasteiger partial charge in [0, 0.05) is 19.0 Å². The molecule has 1 aliphatic rings. The number of anilines is 1. The number of nitrogens with zero attached hydrogens (tertiary/aromatic N) is 3. The highest BCUT2D eigenvalue weighted by molar-refractivity contribution is 5.80. The van der Waals surface area contributed by atoms with Gasteiger partial charge in [-0.25, -0.2) is 4.52 Å². The van der Waals surface area contributed by atoms with E-state index in [4.69, 9.17) is 5.73 Å². The fraction of sp³-hybridized carbons (Fsp3) is 0.385. The maximum Gasteiger partial charge on any atom is 0.270 e. The van der Waals surface area contributed by atoms with Crippen LogP contribution in [0, 0.1) is 7.43 Å². The highest BCUT2D eigenvalue weighted by Gasteiger charge is 2.34. The Balaban J connectivity index is 0.00000108. The van der Waals surface area contributed by atoms with Crippen molar-refractivity contribution in [2.24, 2.45) is 0 Å². The van der Waals surface area contributed by atoms with Gasteiger partial charge in [-0.2, -0.15) is 0 Å². The molecule has 0 radical (unpaired) electrons. The molecule has 3 heterocycles. The Labute approximate surface area is 102 Å². The third-order valence-electron chi connectivity index (χ3n) is 3.62. The lowest BCUT2D eigenvalue weighted by molar-refractivity contribution is 0.395. The Kier molecular flexibility index (Phi) is 2.83. The zero-order valence-electron chi connectivity index (χ0n) is 10.6. The summed E-state index contributed by atoms with van der Waals surface area (Å²) in [5, 5.41) is 4.63. The lowest BCUT2D eigenvalue weighted by Gasteiger charge is -2.25. The summed E-state index contributed by atoms with van der Waals surface area (Å²) in [7, 11) is 2.23. The number of rotatable bonds is 1. The van der Waals surface area contributed by atoms with Gasteiger partial charge in [0.15, 0.2) is 0 Å². The standard InChI is InChI=1S/C12H17N4.CH3/c1-16(8-4-5-9-16)12-11(13)10-6-2-3-7-15(10)14-12;/h2-3,6-7H,4-5,8-9,13H2,1H3;1H3/q+1;-1. The Bertz CT molecular complexity index is 523. The van der Waals surface area contributed by atoms with Crippen molar-refractivity contribution in [2.45, 2.75) is 12.8 Å². The lowest BCUT2D eigenvalue weighted by atomic mass is 10.3. The minimum Gasteiger partial charge on any atom is -0.391 e. The molecular weight excluding hydrogens is 212 g/mol. The highest BCUT2D eigenvalue weighted by atomic mass is 15.4. The second-order valence-corrected chi connectivity index (χ2v) is 4.82. The summed E-state index contributed by atoms with van der Waals surface area (Å²) in [6.07, 6.45) is 4.49. The van der Waals surface area contributed by atoms with E-state index < -0.39 is 0 Å². The van der Waals surface area contributed by atoms with Crippen LogP contribution in [0.5, 0.6) is 0 Å². The van der Waals surface area contributed by atoms with E-state index in [-0.39, 0.29) is 7.43 Å². The maximum atomic E-state index is 6.21. The van der Waals surface area contributed by atoms with Crippen molar-refractivity contribution in [3.63, 3.8) is 0 Å². The van der Waals surface area contributed by atoms with Gasteiger partial charge in [0.05, 0.1) is 25.7 Å². The average Bonchev–Trinajstić information content (AvgIpc) is 2.86. The number of hydrogen-bond acceptors (Lipinski definition) is 2. The minimum atomic E-state index is 0. The number of hydrogen-bond donors (Lipinski definition) is 1. The molecule has 0 bridgehead atoms. The van der Waals surface area contributed by atoms with E-state index in [1.165, 1.54) is 12.8 Å². The van der Waals surface area contributed by atoms with Crippen molar-refractivity contribution in [1.29, 1.82) is 0 Å². The largest absolute Gasteiger partial charge is 0.391 e. The molecule has 92 valence electrons. The van der Waals surface area contributed by atoms with Crippen LogP contribution in [0.15, 0.2) is 24.4 Å². The van der Waals surface area contributed by atoms with Gasteiger partial charge in [-0.3, -0.25) is 4.48 Å². The number of fused-ring (bicyclic) bond motifs is 1. The van der Waals surface area contributed by atoms with Crippen LogP contribution >= 0.6 is 0 Å². The summed E-state index contributed by atoms with van der Waals surface area (Å²) in [6, 6.07) is 6.00. The monoisotopic (exact) mass is 232 g/mol. The number of quaternary nitrogens is 1. The predicted molar refractivity (Wildman–Crippen MR) is 72.7 cm³/mol. The van der Waals surface area contributed by atoms with Crippen molar-refractivity contribution in [3.05, 3.63) is 31.8 Å². The zero-order valence-corrected chi connectivity index (χ0v) is 10.6. The normalized spacial score (nSPS) is 18.2. The molecular formula is C13H20N4. The van der Waals surface area contributed by atoms with Gasteiger partial charge in [-0.05, 0) is 12.1 Å². The number of aromatic nitrogens is 2. The van der Waals surface area contributed by atoms with Gasteiger partial charge in [0.25, 0.3) is 5.82 Å². The van der Waals surface area contributed by atoms with Crippen molar-refractivity contribution in [2.75, 3.05) is 25.9 Å². The first-order valence-corrected chi connectivity index (χ1v) is 5.79. The molecule has 0 spiro atoms. The SMILES string of the molecule is C[N+]1(c2nn3ccccc3c2N)CCCC1.[CH3-]. The first-order chi connectivity index (χ1) is 7.71. The number of likely N-dealkylation sites (tertiary alicyclic amines) is 1. The van der Waals surface area contributed by atoms with Crippen molar-refractivity contribution >= 4 is 17.0 Å². The average molecular weight is 232 g/mol. The van der Waals surface area contributed by atoms with Crippen LogP contribution in [0.3, 0.4) is 0 Å². The van der Waals surface area contributed by atoms with Crippen molar-refractivity contribution < 1.29 is 0 Å². The van der Waals surface area contributed by atoms with Crippen LogP contribution in [-0.4, -0.2) is 29.8 Å². The summed E-state index contributed by atoms with van der Waals surface area (Å²) < 4.78 is 2.76. The maximum absolute atomic E-state index is 6.21. The Hall–Kier alpha value is -1.55. The van der Waals surface area contributed by atoms with E-state index >= 15 is 0 Å². The zero-order chi connectivity index (χ0) is 11.2. The molecule has 3 rings (SSSR count). The minimum absolute atomic E-state index is 0. The summed E-state index contributed by atoms with van der Waals surface area (Å²) in [4.78, 5) is 0. The quantitative estimate of drug-likeness (QED) is 0.604. The van der Waals surface area contributed by atoms with Crippen LogP contribution in [-0.2, 0) is 0 Å². The lowest BCUT2D eigenvalue weighted by Crippen LogP contribution is -2.42. The fourth-order valence-corrected chi connectivity index (χ4v) is 2.65. The van der Waals surface area contributed by atoms with E-state index in [2.05, 4.69) is 12.1 Å². The van der Waals surface area contributed by atoms with Crippen LogP contribution < -0.4 is 10.2 Å². The summed E-state index contributed by atoms with van der Waals surface area (Å²) >= 11 is 0. The summed E-state index contributed by atoms with van der Waals surface area (Å²) in [5.41, 5.74) is 8.06. The number of pyridine rings is 1. The van der Waals surface area contributed by atoms with Gasteiger partial charge in [-0.15, -0.1) is 5.10 Å². The Morgan fingerprint density at radius 2 is 2.00 bits per heavy atom. The number of nitrogen functional groups attached to an aromatic ring is 1. The summed E-state index contributed by atoms with van der Waals surface area (Å²) in [5.74, 6) is 1.03.